The number of carboxylic acid groups (broad SMARTS) is 2. The van der Waals surface area contributed by atoms with Crippen LogP contribution in [0.25, 0.3) is 0 Å². The normalized spacial score (nSPS) is 10.0. The predicted octanol–water partition coefficient (Wildman–Crippen LogP) is 3.86. The van der Waals surface area contributed by atoms with Crippen LogP contribution in [0.3, 0.4) is 0 Å². The maximum Gasteiger partial charge on any atom is 0.503 e. The van der Waals surface area contributed by atoms with Gasteiger partial charge in [-0.05, 0) is 23.0 Å². The van der Waals surface area contributed by atoms with Gasteiger partial charge in [-0.25, -0.2) is 4.79 Å². The Morgan fingerprint density at radius 3 is 1.53 bits per heavy atom. The molecule has 0 saturated heterocycles. The highest BCUT2D eigenvalue weighted by atomic mass is 16.6. The molecule has 4 nitrogen and oxygen atoms in total. The van der Waals surface area contributed by atoms with Gasteiger partial charge >= 0.3 is 6.16 Å². The van der Waals surface area contributed by atoms with Gasteiger partial charge in [0.1, 0.15) is 5.75 Å². The van der Waals surface area contributed by atoms with Crippen LogP contribution in [0.2, 0.25) is 0 Å². The Bertz CT molecular complexity index is 339. The Kier molecular flexibility index (Phi) is 6.10. The van der Waals surface area contributed by atoms with Crippen molar-refractivity contribution in [2.75, 3.05) is 0 Å². The first kappa shape index (κ1) is 15.3. The van der Waals surface area contributed by atoms with E-state index >= 15 is 0 Å². The van der Waals surface area contributed by atoms with Crippen molar-refractivity contribution in [1.29, 1.82) is 0 Å². The summed E-state index contributed by atoms with van der Waals surface area (Å²) in [6, 6.07) is 6.00. The first-order valence-electron chi connectivity index (χ1n) is 5.51. The van der Waals surface area contributed by atoms with E-state index in [2.05, 4.69) is 27.7 Å². The summed E-state index contributed by atoms with van der Waals surface area (Å²) in [6.45, 7) is 8.39. The first-order valence-corrected chi connectivity index (χ1v) is 5.51. The molecule has 0 bridgehead atoms. The number of benzene rings is 1. The summed E-state index contributed by atoms with van der Waals surface area (Å²) in [5.41, 5.74) is 2.09. The van der Waals surface area contributed by atoms with Crippen LogP contribution < -0.4 is 0 Å². The fourth-order valence-corrected chi connectivity index (χ4v) is 1.51. The van der Waals surface area contributed by atoms with Crippen molar-refractivity contribution in [3.63, 3.8) is 0 Å². The van der Waals surface area contributed by atoms with E-state index in [1.54, 1.807) is 0 Å². The topological polar surface area (TPSA) is 77.8 Å². The molecule has 17 heavy (non-hydrogen) atoms. The molecule has 0 saturated carbocycles. The lowest BCUT2D eigenvalue weighted by atomic mass is 9.94. The number of para-hydroxylation sites is 1. The highest BCUT2D eigenvalue weighted by Crippen LogP contribution is 2.32. The van der Waals surface area contributed by atoms with E-state index in [4.69, 9.17) is 15.0 Å². The fraction of sp³-hybridized carbons (Fsp3) is 0.462. The number of rotatable bonds is 2. The van der Waals surface area contributed by atoms with Gasteiger partial charge < -0.3 is 15.3 Å². The molecule has 0 aliphatic carbocycles. The third-order valence-electron chi connectivity index (χ3n) is 2.34. The molecular weight excluding hydrogens is 220 g/mol. The molecule has 0 radical (unpaired) electrons. The molecule has 0 aliphatic rings. The summed E-state index contributed by atoms with van der Waals surface area (Å²) < 4.78 is 0. The van der Waals surface area contributed by atoms with Crippen LogP contribution in [-0.4, -0.2) is 21.5 Å². The molecule has 0 heterocycles. The predicted molar refractivity (Wildman–Crippen MR) is 66.9 cm³/mol. The van der Waals surface area contributed by atoms with Crippen molar-refractivity contribution >= 4 is 6.16 Å². The monoisotopic (exact) mass is 240 g/mol. The van der Waals surface area contributed by atoms with Gasteiger partial charge in [0.05, 0.1) is 0 Å². The average molecular weight is 240 g/mol. The highest BCUT2D eigenvalue weighted by molar-refractivity contribution is 5.53. The number of carbonyl (C=O) groups is 1. The van der Waals surface area contributed by atoms with Crippen LogP contribution in [0.5, 0.6) is 5.75 Å². The van der Waals surface area contributed by atoms with E-state index in [0.29, 0.717) is 17.6 Å². The summed E-state index contributed by atoms with van der Waals surface area (Å²) in [5, 5.41) is 23.9. The van der Waals surface area contributed by atoms with Crippen LogP contribution in [0.4, 0.5) is 4.79 Å². The number of hydrogen-bond acceptors (Lipinski definition) is 2. The SMILES string of the molecule is CC(C)c1cccc(C(C)C)c1O.O=C(O)O. The van der Waals surface area contributed by atoms with Gasteiger partial charge in [-0.15, -0.1) is 0 Å². The molecule has 0 atom stereocenters. The van der Waals surface area contributed by atoms with E-state index in [1.807, 2.05) is 18.2 Å². The Balaban J connectivity index is 0.000000557. The van der Waals surface area contributed by atoms with Crippen molar-refractivity contribution in [2.24, 2.45) is 0 Å². The molecule has 0 fully saturated rings. The Morgan fingerprint density at radius 1 is 1.00 bits per heavy atom. The van der Waals surface area contributed by atoms with Gasteiger partial charge in [-0.1, -0.05) is 45.9 Å². The van der Waals surface area contributed by atoms with Crippen molar-refractivity contribution in [1.82, 2.24) is 0 Å². The van der Waals surface area contributed by atoms with Crippen LogP contribution in [0.1, 0.15) is 50.7 Å². The molecule has 0 aliphatic heterocycles. The van der Waals surface area contributed by atoms with E-state index in [0.717, 1.165) is 11.1 Å². The van der Waals surface area contributed by atoms with Crippen molar-refractivity contribution in [3.8, 4) is 5.75 Å². The number of phenols is 1. The van der Waals surface area contributed by atoms with Gasteiger partial charge in [-0.3, -0.25) is 0 Å². The van der Waals surface area contributed by atoms with Gasteiger partial charge in [0, 0.05) is 0 Å². The molecule has 0 amide bonds. The summed E-state index contributed by atoms with van der Waals surface area (Å²) in [7, 11) is 0. The maximum absolute atomic E-state index is 9.93. The summed E-state index contributed by atoms with van der Waals surface area (Å²) in [6.07, 6.45) is -1.83. The summed E-state index contributed by atoms with van der Waals surface area (Å²) >= 11 is 0. The van der Waals surface area contributed by atoms with Gasteiger partial charge in [0.25, 0.3) is 0 Å². The van der Waals surface area contributed by atoms with E-state index in [9.17, 15) is 5.11 Å². The molecule has 1 aromatic carbocycles. The largest absolute Gasteiger partial charge is 0.507 e. The molecule has 96 valence electrons. The second-order valence-electron chi connectivity index (χ2n) is 4.38. The van der Waals surface area contributed by atoms with Crippen LogP contribution >= 0.6 is 0 Å². The standard InChI is InChI=1S/C12H18O.CH2O3/c1-8(2)10-6-5-7-11(9(3)4)12(10)13;2-1(3)4/h5-9,13H,1-4H3;(H2,2,3,4). The average Bonchev–Trinajstić information content (AvgIpc) is 2.15. The van der Waals surface area contributed by atoms with Crippen molar-refractivity contribution < 1.29 is 20.1 Å². The lowest BCUT2D eigenvalue weighted by Crippen LogP contribution is -1.94. The number of aromatic hydroxyl groups is 1. The maximum atomic E-state index is 9.93. The van der Waals surface area contributed by atoms with Crippen molar-refractivity contribution in [2.45, 2.75) is 39.5 Å². The van der Waals surface area contributed by atoms with E-state index in [-0.39, 0.29) is 0 Å². The molecule has 1 rings (SSSR count). The molecule has 3 N–H and O–H groups in total. The third-order valence-corrected chi connectivity index (χ3v) is 2.34. The second-order valence-corrected chi connectivity index (χ2v) is 4.38. The molecule has 0 spiro atoms. The minimum Gasteiger partial charge on any atom is -0.507 e. The summed E-state index contributed by atoms with van der Waals surface area (Å²) in [4.78, 5) is 8.56. The highest BCUT2D eigenvalue weighted by Gasteiger charge is 2.11. The molecule has 4 heteroatoms. The zero-order valence-electron chi connectivity index (χ0n) is 10.6. The molecule has 0 aromatic heterocycles. The second kappa shape index (κ2) is 6.78. The van der Waals surface area contributed by atoms with Gasteiger partial charge in [0.2, 0.25) is 0 Å². The smallest absolute Gasteiger partial charge is 0.503 e. The quantitative estimate of drug-likeness (QED) is 0.733. The van der Waals surface area contributed by atoms with E-state index < -0.39 is 6.16 Å². The van der Waals surface area contributed by atoms with Gasteiger partial charge in [-0.2, -0.15) is 0 Å². The number of phenolic OH excluding ortho intramolecular Hbond substituents is 1. The molecule has 0 unspecified atom stereocenters. The van der Waals surface area contributed by atoms with Crippen LogP contribution in [-0.2, 0) is 0 Å². The van der Waals surface area contributed by atoms with Gasteiger partial charge in [0.15, 0.2) is 0 Å². The Morgan fingerprint density at radius 2 is 1.29 bits per heavy atom. The lowest BCUT2D eigenvalue weighted by molar-refractivity contribution is 0.137. The Hall–Kier alpha value is -1.71. The molecular formula is C13H20O4. The lowest BCUT2D eigenvalue weighted by Gasteiger charge is -2.14. The van der Waals surface area contributed by atoms with Crippen LogP contribution in [0.15, 0.2) is 18.2 Å². The minimum absolute atomic E-state index is 0.388. The minimum atomic E-state index is -1.83. The fourth-order valence-electron chi connectivity index (χ4n) is 1.51. The van der Waals surface area contributed by atoms with Crippen LogP contribution in [0, 0.1) is 0 Å². The third kappa shape index (κ3) is 5.24. The Labute approximate surface area is 102 Å². The van der Waals surface area contributed by atoms with Crippen molar-refractivity contribution in [3.05, 3.63) is 29.3 Å². The zero-order chi connectivity index (χ0) is 13.6. The zero-order valence-corrected chi connectivity index (χ0v) is 10.6. The number of hydrogen-bond donors (Lipinski definition) is 3. The first-order chi connectivity index (χ1) is 7.77. The van der Waals surface area contributed by atoms with E-state index in [1.165, 1.54) is 0 Å². The summed E-state index contributed by atoms with van der Waals surface area (Å²) in [5.74, 6) is 1.25. The molecule has 1 aromatic rings.